The van der Waals surface area contributed by atoms with E-state index in [0.29, 0.717) is 6.04 Å². The lowest BCUT2D eigenvalue weighted by Gasteiger charge is -2.35. The zero-order valence-electron chi connectivity index (χ0n) is 9.66. The Morgan fingerprint density at radius 3 is 2.79 bits per heavy atom. The summed E-state index contributed by atoms with van der Waals surface area (Å²) >= 11 is 0. The third kappa shape index (κ3) is 3.56. The molecule has 1 fully saturated rings. The maximum Gasteiger partial charge on any atom is 0.0582 e. The number of hydrogen-bond donors (Lipinski definition) is 2. The highest BCUT2D eigenvalue weighted by Crippen LogP contribution is 2.18. The van der Waals surface area contributed by atoms with Crippen LogP contribution in [-0.2, 0) is 0 Å². The molecular weight excluding hydrogens is 176 g/mol. The van der Waals surface area contributed by atoms with Crippen LogP contribution in [-0.4, -0.2) is 48.8 Å². The first-order valence-corrected chi connectivity index (χ1v) is 5.69. The molecule has 0 aromatic carbocycles. The van der Waals surface area contributed by atoms with Gasteiger partial charge in [0.05, 0.1) is 6.61 Å². The van der Waals surface area contributed by atoms with E-state index >= 15 is 0 Å². The Hall–Kier alpha value is -0.120. The summed E-state index contributed by atoms with van der Waals surface area (Å²) in [6, 6.07) is 0.733. The molecule has 3 nitrogen and oxygen atoms in total. The van der Waals surface area contributed by atoms with E-state index in [0.717, 1.165) is 5.92 Å². The molecule has 3 unspecified atom stereocenters. The van der Waals surface area contributed by atoms with Crippen LogP contribution in [0.5, 0.6) is 0 Å². The summed E-state index contributed by atoms with van der Waals surface area (Å²) in [5.41, 5.74) is 0. The standard InChI is InChI=1S/C11H24N2O/c1-9(8-14)12-10(2)11-5-4-6-13(3)7-11/h9-12,14H,4-8H2,1-3H3. The molecule has 0 amide bonds. The van der Waals surface area contributed by atoms with E-state index in [1.807, 2.05) is 6.92 Å². The third-order valence-electron chi connectivity index (χ3n) is 3.19. The van der Waals surface area contributed by atoms with Crippen LogP contribution in [0.4, 0.5) is 0 Å². The van der Waals surface area contributed by atoms with Gasteiger partial charge in [0.1, 0.15) is 0 Å². The van der Waals surface area contributed by atoms with E-state index in [1.54, 1.807) is 0 Å². The van der Waals surface area contributed by atoms with Gasteiger partial charge in [-0.3, -0.25) is 0 Å². The van der Waals surface area contributed by atoms with Crippen LogP contribution >= 0.6 is 0 Å². The van der Waals surface area contributed by atoms with Gasteiger partial charge in [0.15, 0.2) is 0 Å². The van der Waals surface area contributed by atoms with Gasteiger partial charge in [-0.2, -0.15) is 0 Å². The predicted octanol–water partition coefficient (Wildman–Crippen LogP) is 0.687. The molecule has 0 aliphatic carbocycles. The molecule has 14 heavy (non-hydrogen) atoms. The molecule has 0 aromatic rings. The number of aliphatic hydroxyl groups excluding tert-OH is 1. The van der Waals surface area contributed by atoms with E-state index in [2.05, 4.69) is 24.2 Å². The first kappa shape index (κ1) is 12.0. The van der Waals surface area contributed by atoms with Crippen LogP contribution in [0.15, 0.2) is 0 Å². The highest BCUT2D eigenvalue weighted by Gasteiger charge is 2.23. The van der Waals surface area contributed by atoms with Crippen LogP contribution in [0.25, 0.3) is 0 Å². The molecule has 1 saturated heterocycles. The fraction of sp³-hybridized carbons (Fsp3) is 1.00. The second kappa shape index (κ2) is 5.69. The van der Waals surface area contributed by atoms with Crippen molar-refractivity contribution in [2.24, 2.45) is 5.92 Å². The topological polar surface area (TPSA) is 35.5 Å². The minimum atomic E-state index is 0.220. The molecule has 0 aromatic heterocycles. The quantitative estimate of drug-likeness (QED) is 0.701. The van der Waals surface area contributed by atoms with Crippen molar-refractivity contribution in [3.63, 3.8) is 0 Å². The monoisotopic (exact) mass is 200 g/mol. The van der Waals surface area contributed by atoms with E-state index in [9.17, 15) is 0 Å². The molecule has 0 bridgehead atoms. The molecule has 0 radical (unpaired) electrons. The largest absolute Gasteiger partial charge is 0.395 e. The van der Waals surface area contributed by atoms with Crippen LogP contribution in [0.1, 0.15) is 26.7 Å². The first-order chi connectivity index (χ1) is 6.63. The first-order valence-electron chi connectivity index (χ1n) is 5.69. The fourth-order valence-electron chi connectivity index (χ4n) is 2.25. The van der Waals surface area contributed by atoms with Crippen molar-refractivity contribution in [2.45, 2.75) is 38.8 Å². The Balaban J connectivity index is 2.31. The number of rotatable bonds is 4. The normalized spacial score (nSPS) is 28.7. The molecule has 1 heterocycles. The Labute approximate surface area is 87.5 Å². The summed E-state index contributed by atoms with van der Waals surface area (Å²) in [5, 5.41) is 12.4. The van der Waals surface area contributed by atoms with E-state index < -0.39 is 0 Å². The second-order valence-electron chi connectivity index (χ2n) is 4.70. The summed E-state index contributed by atoms with van der Waals surface area (Å²) < 4.78 is 0. The summed E-state index contributed by atoms with van der Waals surface area (Å²) in [5.74, 6) is 0.739. The van der Waals surface area contributed by atoms with Crippen molar-refractivity contribution in [1.82, 2.24) is 10.2 Å². The SMILES string of the molecule is CC(CO)NC(C)C1CCCN(C)C1. The van der Waals surface area contributed by atoms with Crippen LogP contribution in [0, 0.1) is 5.92 Å². The highest BCUT2D eigenvalue weighted by molar-refractivity contribution is 4.80. The van der Waals surface area contributed by atoms with Gasteiger partial charge in [0.2, 0.25) is 0 Å². The van der Waals surface area contributed by atoms with Gasteiger partial charge < -0.3 is 15.3 Å². The molecule has 84 valence electrons. The predicted molar refractivity (Wildman–Crippen MR) is 59.4 cm³/mol. The maximum atomic E-state index is 8.96. The number of nitrogens with one attached hydrogen (secondary N) is 1. The van der Waals surface area contributed by atoms with Crippen LogP contribution in [0.3, 0.4) is 0 Å². The average molecular weight is 200 g/mol. The molecule has 2 N–H and O–H groups in total. The van der Waals surface area contributed by atoms with Crippen molar-refractivity contribution < 1.29 is 5.11 Å². The molecule has 1 aliphatic rings. The van der Waals surface area contributed by atoms with Crippen LogP contribution in [0.2, 0.25) is 0 Å². The Morgan fingerprint density at radius 2 is 2.21 bits per heavy atom. The number of nitrogens with zero attached hydrogens (tertiary/aromatic N) is 1. The molecule has 0 saturated carbocycles. The Kier molecular flexibility index (Phi) is 4.85. The molecule has 1 aliphatic heterocycles. The summed E-state index contributed by atoms with van der Waals surface area (Å²) in [6.45, 7) is 6.91. The molecule has 3 atom stereocenters. The number of aliphatic hydroxyl groups is 1. The highest BCUT2D eigenvalue weighted by atomic mass is 16.3. The van der Waals surface area contributed by atoms with Gasteiger partial charge in [-0.25, -0.2) is 0 Å². The van der Waals surface area contributed by atoms with E-state index in [4.69, 9.17) is 5.11 Å². The lowest BCUT2D eigenvalue weighted by atomic mass is 9.91. The Bertz CT molecular complexity index is 163. The zero-order valence-corrected chi connectivity index (χ0v) is 9.66. The van der Waals surface area contributed by atoms with Gasteiger partial charge in [-0.15, -0.1) is 0 Å². The molecule has 1 rings (SSSR count). The molecule has 3 heteroatoms. The van der Waals surface area contributed by atoms with Gasteiger partial charge in [-0.05, 0) is 46.2 Å². The minimum Gasteiger partial charge on any atom is -0.395 e. The summed E-state index contributed by atoms with van der Waals surface area (Å²) in [7, 11) is 2.19. The van der Waals surface area contributed by atoms with Gasteiger partial charge in [-0.1, -0.05) is 0 Å². The van der Waals surface area contributed by atoms with Crippen molar-refractivity contribution in [3.05, 3.63) is 0 Å². The lowest BCUT2D eigenvalue weighted by molar-refractivity contribution is 0.162. The smallest absolute Gasteiger partial charge is 0.0582 e. The van der Waals surface area contributed by atoms with Crippen molar-refractivity contribution in [3.8, 4) is 0 Å². The summed E-state index contributed by atoms with van der Waals surface area (Å²) in [6.07, 6.45) is 2.62. The Morgan fingerprint density at radius 1 is 1.50 bits per heavy atom. The van der Waals surface area contributed by atoms with Gasteiger partial charge in [0, 0.05) is 18.6 Å². The molecular formula is C11H24N2O. The molecule has 0 spiro atoms. The van der Waals surface area contributed by atoms with Crippen molar-refractivity contribution in [2.75, 3.05) is 26.7 Å². The average Bonchev–Trinajstić information content (AvgIpc) is 2.17. The second-order valence-corrected chi connectivity index (χ2v) is 4.70. The third-order valence-corrected chi connectivity index (χ3v) is 3.19. The summed E-state index contributed by atoms with van der Waals surface area (Å²) in [4.78, 5) is 2.40. The maximum absolute atomic E-state index is 8.96. The van der Waals surface area contributed by atoms with Crippen LogP contribution < -0.4 is 5.32 Å². The minimum absolute atomic E-state index is 0.220. The van der Waals surface area contributed by atoms with E-state index in [1.165, 1.54) is 25.9 Å². The lowest BCUT2D eigenvalue weighted by Crippen LogP contribution is -2.46. The number of likely N-dealkylation sites (tertiary alicyclic amines) is 1. The van der Waals surface area contributed by atoms with Gasteiger partial charge in [0.25, 0.3) is 0 Å². The number of hydrogen-bond acceptors (Lipinski definition) is 3. The van der Waals surface area contributed by atoms with Gasteiger partial charge >= 0.3 is 0 Å². The van der Waals surface area contributed by atoms with Crippen molar-refractivity contribution >= 4 is 0 Å². The zero-order chi connectivity index (χ0) is 10.6. The van der Waals surface area contributed by atoms with E-state index in [-0.39, 0.29) is 12.6 Å². The fourth-order valence-corrected chi connectivity index (χ4v) is 2.25. The van der Waals surface area contributed by atoms with Crippen molar-refractivity contribution in [1.29, 1.82) is 0 Å². The number of piperidine rings is 1.